The topological polar surface area (TPSA) is 34.1 Å². The van der Waals surface area contributed by atoms with Crippen molar-refractivity contribution in [2.45, 2.75) is 11.5 Å². The lowest BCUT2D eigenvalue weighted by molar-refractivity contribution is 0.594. The monoisotopic (exact) mass is 294 g/mol. The van der Waals surface area contributed by atoms with Crippen molar-refractivity contribution >= 4 is 9.84 Å². The fourth-order valence-electron chi connectivity index (χ4n) is 2.06. The predicted octanol–water partition coefficient (Wildman–Crippen LogP) is 2.76. The quantitative estimate of drug-likeness (QED) is 0.813. The zero-order valence-corrected chi connectivity index (χ0v) is 12.2. The molecule has 0 aliphatic rings. The third-order valence-electron chi connectivity index (χ3n) is 2.96. The Morgan fingerprint density at radius 1 is 0.810 bits per heavy atom. The van der Waals surface area contributed by atoms with E-state index in [9.17, 15) is 8.42 Å². The molecule has 0 bridgehead atoms. The van der Waals surface area contributed by atoms with E-state index in [1.54, 1.807) is 48.5 Å². The van der Waals surface area contributed by atoms with Gasteiger partial charge in [0.05, 0.1) is 11.5 Å². The van der Waals surface area contributed by atoms with Crippen LogP contribution in [0.5, 0.6) is 0 Å². The molecule has 0 spiro atoms. The summed E-state index contributed by atoms with van der Waals surface area (Å²) in [7, 11) is -3.27. The van der Waals surface area contributed by atoms with Crippen LogP contribution in [0.1, 0.15) is 22.3 Å². The average Bonchev–Trinajstić information content (AvgIpc) is 2.46. The molecule has 3 heteroatoms. The van der Waals surface area contributed by atoms with Gasteiger partial charge < -0.3 is 0 Å². The summed E-state index contributed by atoms with van der Waals surface area (Å²) in [5.74, 6) is 4.92. The van der Waals surface area contributed by atoms with Gasteiger partial charge in [0.25, 0.3) is 0 Å². The van der Waals surface area contributed by atoms with E-state index in [-0.39, 0.29) is 11.5 Å². The molecule has 0 amide bonds. The summed E-state index contributed by atoms with van der Waals surface area (Å²) in [6.07, 6.45) is 10.6. The predicted molar refractivity (Wildman–Crippen MR) is 85.1 cm³/mol. The highest BCUT2D eigenvalue weighted by molar-refractivity contribution is 7.89. The van der Waals surface area contributed by atoms with E-state index < -0.39 is 9.84 Å². The van der Waals surface area contributed by atoms with Gasteiger partial charge in [-0.25, -0.2) is 8.42 Å². The number of hydrogen-bond donors (Lipinski definition) is 0. The van der Waals surface area contributed by atoms with Crippen LogP contribution < -0.4 is 0 Å². The number of sulfone groups is 1. The Kier molecular flexibility index (Phi) is 4.48. The Morgan fingerprint density at radius 3 is 1.62 bits per heavy atom. The molecule has 0 N–H and O–H groups in total. The molecule has 0 saturated heterocycles. The molecule has 21 heavy (non-hydrogen) atoms. The normalized spacial score (nSPS) is 10.6. The summed E-state index contributed by atoms with van der Waals surface area (Å²) in [5, 5.41) is 0. The molecule has 0 heterocycles. The Hall–Kier alpha value is -2.49. The maximum atomic E-state index is 12.3. The van der Waals surface area contributed by atoms with Crippen LogP contribution in [0.4, 0.5) is 0 Å². The van der Waals surface area contributed by atoms with E-state index in [1.165, 1.54) is 0 Å². The van der Waals surface area contributed by atoms with Gasteiger partial charge in [-0.1, -0.05) is 36.1 Å². The second kappa shape index (κ2) is 6.31. The summed E-state index contributed by atoms with van der Waals surface area (Å²) < 4.78 is 24.5. The van der Waals surface area contributed by atoms with Crippen LogP contribution in [-0.4, -0.2) is 8.42 Å². The van der Waals surface area contributed by atoms with E-state index in [2.05, 4.69) is 11.8 Å². The maximum absolute atomic E-state index is 12.3. The highest BCUT2D eigenvalue weighted by Gasteiger charge is 2.13. The molecular formula is C18H14O2S. The van der Waals surface area contributed by atoms with Crippen molar-refractivity contribution in [3.8, 4) is 24.7 Å². The van der Waals surface area contributed by atoms with Gasteiger partial charge in [0, 0.05) is 11.1 Å². The first kappa shape index (κ1) is 14.9. The highest BCUT2D eigenvalue weighted by Crippen LogP contribution is 2.14. The zero-order chi connectivity index (χ0) is 15.3. The van der Waals surface area contributed by atoms with E-state index in [4.69, 9.17) is 12.8 Å². The molecule has 0 aliphatic carbocycles. The summed E-state index contributed by atoms with van der Waals surface area (Å²) in [5.41, 5.74) is 2.74. The Morgan fingerprint density at radius 2 is 1.24 bits per heavy atom. The van der Waals surface area contributed by atoms with Gasteiger partial charge >= 0.3 is 0 Å². The number of rotatable bonds is 4. The Balaban J connectivity index is 2.19. The summed E-state index contributed by atoms with van der Waals surface area (Å²) in [6, 6.07) is 14.0. The first-order valence-electron chi connectivity index (χ1n) is 6.34. The van der Waals surface area contributed by atoms with Crippen molar-refractivity contribution in [2.75, 3.05) is 0 Å². The highest BCUT2D eigenvalue weighted by atomic mass is 32.2. The van der Waals surface area contributed by atoms with E-state index in [0.717, 1.165) is 0 Å². The summed E-state index contributed by atoms with van der Waals surface area (Å²) in [6.45, 7) is 0. The van der Waals surface area contributed by atoms with Gasteiger partial charge in [-0.15, -0.1) is 12.8 Å². The molecule has 0 unspecified atom stereocenters. The van der Waals surface area contributed by atoms with Gasteiger partial charge in [-0.05, 0) is 35.4 Å². The summed E-state index contributed by atoms with van der Waals surface area (Å²) in [4.78, 5) is 0. The van der Waals surface area contributed by atoms with Gasteiger partial charge in [-0.2, -0.15) is 0 Å². The van der Waals surface area contributed by atoms with E-state index >= 15 is 0 Å². The first-order valence-corrected chi connectivity index (χ1v) is 8.16. The number of terminal acetylenes is 2. The van der Waals surface area contributed by atoms with Crippen molar-refractivity contribution < 1.29 is 8.42 Å². The lowest BCUT2D eigenvalue weighted by Gasteiger charge is -2.06. The van der Waals surface area contributed by atoms with Crippen molar-refractivity contribution in [3.63, 3.8) is 0 Å². The molecule has 0 atom stereocenters. The van der Waals surface area contributed by atoms with Crippen LogP contribution in [0.25, 0.3) is 0 Å². The van der Waals surface area contributed by atoms with Crippen molar-refractivity contribution in [1.82, 2.24) is 0 Å². The third kappa shape index (κ3) is 4.24. The first-order chi connectivity index (χ1) is 10.0. The largest absolute Gasteiger partial charge is 0.228 e. The van der Waals surface area contributed by atoms with Crippen LogP contribution in [0.3, 0.4) is 0 Å². The van der Waals surface area contributed by atoms with E-state index in [1.807, 2.05) is 0 Å². The van der Waals surface area contributed by atoms with Crippen molar-refractivity contribution in [2.24, 2.45) is 0 Å². The SMILES string of the molecule is C#Cc1cccc(CS(=O)(=O)Cc2cccc(C#C)c2)c1. The molecule has 0 fully saturated rings. The number of hydrogen-bond acceptors (Lipinski definition) is 2. The molecule has 0 saturated carbocycles. The smallest absolute Gasteiger partial charge is 0.158 e. The average molecular weight is 294 g/mol. The minimum atomic E-state index is -3.27. The fraction of sp³-hybridized carbons (Fsp3) is 0.111. The Bertz CT molecular complexity index is 769. The molecule has 2 aromatic rings. The molecule has 2 nitrogen and oxygen atoms in total. The van der Waals surface area contributed by atoms with Crippen LogP contribution in [-0.2, 0) is 21.3 Å². The van der Waals surface area contributed by atoms with Crippen LogP contribution in [0, 0.1) is 24.7 Å². The molecule has 2 rings (SSSR count). The van der Waals surface area contributed by atoms with Crippen molar-refractivity contribution in [1.29, 1.82) is 0 Å². The third-order valence-corrected chi connectivity index (χ3v) is 4.51. The lowest BCUT2D eigenvalue weighted by atomic mass is 10.1. The van der Waals surface area contributed by atoms with E-state index in [0.29, 0.717) is 22.3 Å². The zero-order valence-electron chi connectivity index (χ0n) is 11.4. The molecular weight excluding hydrogens is 280 g/mol. The van der Waals surface area contributed by atoms with Gasteiger partial charge in [0.2, 0.25) is 0 Å². The fourth-order valence-corrected chi connectivity index (χ4v) is 3.54. The molecule has 2 aromatic carbocycles. The van der Waals surface area contributed by atoms with Gasteiger partial charge in [-0.3, -0.25) is 0 Å². The lowest BCUT2D eigenvalue weighted by Crippen LogP contribution is -2.08. The Labute approximate surface area is 125 Å². The minimum absolute atomic E-state index is 0.0389. The summed E-state index contributed by atoms with van der Waals surface area (Å²) >= 11 is 0. The molecule has 0 aliphatic heterocycles. The minimum Gasteiger partial charge on any atom is -0.228 e. The molecule has 0 radical (unpaired) electrons. The standard InChI is InChI=1S/C18H14O2S/c1-3-15-7-5-9-17(11-15)13-21(19,20)14-18-10-6-8-16(4-2)12-18/h1-2,5-12H,13-14H2. The number of benzene rings is 2. The maximum Gasteiger partial charge on any atom is 0.158 e. The van der Waals surface area contributed by atoms with Gasteiger partial charge in [0.1, 0.15) is 0 Å². The van der Waals surface area contributed by atoms with Crippen molar-refractivity contribution in [3.05, 3.63) is 70.8 Å². The van der Waals surface area contributed by atoms with Crippen LogP contribution in [0.15, 0.2) is 48.5 Å². The van der Waals surface area contributed by atoms with Crippen LogP contribution in [0.2, 0.25) is 0 Å². The second-order valence-corrected chi connectivity index (χ2v) is 6.79. The second-order valence-electron chi connectivity index (χ2n) is 4.72. The van der Waals surface area contributed by atoms with Gasteiger partial charge in [0.15, 0.2) is 9.84 Å². The van der Waals surface area contributed by atoms with Crippen LogP contribution >= 0.6 is 0 Å². The molecule has 104 valence electrons. The molecule has 0 aromatic heterocycles.